The molecule has 118 valence electrons. The number of thiophene rings is 1. The Kier molecular flexibility index (Phi) is 3.23. The first-order valence-corrected chi connectivity index (χ1v) is 8.56. The zero-order valence-electron chi connectivity index (χ0n) is 13.0. The van der Waals surface area contributed by atoms with Crippen molar-refractivity contribution in [2.24, 2.45) is 13.0 Å². The third-order valence-electron chi connectivity index (χ3n) is 4.54. The maximum Gasteiger partial charge on any atom is 0.260 e. The molecule has 0 aromatic carbocycles. The number of aryl methyl sites for hydroxylation is 2. The highest BCUT2D eigenvalue weighted by atomic mass is 32.1. The number of hydrogen-bond donors (Lipinski definition) is 1. The summed E-state index contributed by atoms with van der Waals surface area (Å²) < 4.78 is 1.49. The van der Waals surface area contributed by atoms with Crippen molar-refractivity contribution >= 4 is 21.6 Å². The van der Waals surface area contributed by atoms with E-state index in [-0.39, 0.29) is 11.1 Å². The van der Waals surface area contributed by atoms with Crippen LogP contribution in [0.2, 0.25) is 0 Å². The molecular formula is C17H17N3O2S. The van der Waals surface area contributed by atoms with Gasteiger partial charge >= 0.3 is 0 Å². The SMILES string of the molecule is C[C@@H]1CCc2c(sc3nc(-c4ccn(C)c(=O)c4)[nH]c(=O)c23)C1. The van der Waals surface area contributed by atoms with E-state index in [1.165, 1.54) is 21.1 Å². The zero-order valence-corrected chi connectivity index (χ0v) is 13.9. The Morgan fingerprint density at radius 3 is 3.00 bits per heavy atom. The number of aromatic nitrogens is 3. The van der Waals surface area contributed by atoms with Crippen LogP contribution in [0.15, 0.2) is 27.9 Å². The predicted molar refractivity (Wildman–Crippen MR) is 92.1 cm³/mol. The Bertz CT molecular complexity index is 1030. The van der Waals surface area contributed by atoms with Crippen LogP contribution in [0.5, 0.6) is 0 Å². The maximum absolute atomic E-state index is 12.6. The summed E-state index contributed by atoms with van der Waals surface area (Å²) >= 11 is 1.62. The second-order valence-electron chi connectivity index (χ2n) is 6.31. The molecule has 0 amide bonds. The van der Waals surface area contributed by atoms with Gasteiger partial charge in [-0.2, -0.15) is 0 Å². The molecular weight excluding hydrogens is 310 g/mol. The minimum absolute atomic E-state index is 0.0993. The van der Waals surface area contributed by atoms with Crippen LogP contribution in [0.25, 0.3) is 21.6 Å². The molecule has 0 saturated carbocycles. The first-order valence-electron chi connectivity index (χ1n) is 7.74. The van der Waals surface area contributed by atoms with Gasteiger partial charge in [-0.1, -0.05) is 6.92 Å². The maximum atomic E-state index is 12.6. The van der Waals surface area contributed by atoms with Gasteiger partial charge in [-0.05, 0) is 36.8 Å². The number of nitrogens with zero attached hydrogens (tertiary/aromatic N) is 2. The highest BCUT2D eigenvalue weighted by molar-refractivity contribution is 7.18. The minimum Gasteiger partial charge on any atom is -0.319 e. The number of aromatic amines is 1. The molecule has 1 atom stereocenters. The third-order valence-corrected chi connectivity index (χ3v) is 5.69. The van der Waals surface area contributed by atoms with Crippen LogP contribution in [0, 0.1) is 5.92 Å². The van der Waals surface area contributed by atoms with Crippen molar-refractivity contribution in [1.82, 2.24) is 14.5 Å². The average molecular weight is 327 g/mol. The Balaban J connectivity index is 1.92. The van der Waals surface area contributed by atoms with E-state index >= 15 is 0 Å². The smallest absolute Gasteiger partial charge is 0.260 e. The summed E-state index contributed by atoms with van der Waals surface area (Å²) in [7, 11) is 1.69. The second kappa shape index (κ2) is 5.16. The van der Waals surface area contributed by atoms with Gasteiger partial charge in [0.15, 0.2) is 0 Å². The Hall–Kier alpha value is -2.21. The quantitative estimate of drug-likeness (QED) is 0.746. The molecule has 1 aliphatic rings. The number of hydrogen-bond acceptors (Lipinski definition) is 4. The molecule has 1 aliphatic carbocycles. The van der Waals surface area contributed by atoms with Crippen molar-refractivity contribution in [2.75, 3.05) is 0 Å². The lowest BCUT2D eigenvalue weighted by molar-refractivity contribution is 0.509. The van der Waals surface area contributed by atoms with Crippen LogP contribution in [-0.2, 0) is 19.9 Å². The number of H-pyrrole nitrogens is 1. The summed E-state index contributed by atoms with van der Waals surface area (Å²) in [6.45, 7) is 2.25. The van der Waals surface area contributed by atoms with Crippen LogP contribution in [-0.4, -0.2) is 14.5 Å². The summed E-state index contributed by atoms with van der Waals surface area (Å²) in [5, 5.41) is 0.740. The Morgan fingerprint density at radius 1 is 1.39 bits per heavy atom. The van der Waals surface area contributed by atoms with Crippen LogP contribution in [0.4, 0.5) is 0 Å². The first kappa shape index (κ1) is 14.4. The molecule has 0 bridgehead atoms. The third kappa shape index (κ3) is 2.34. The Morgan fingerprint density at radius 2 is 2.22 bits per heavy atom. The molecule has 4 rings (SSSR count). The standard InChI is InChI=1S/C17H17N3O2S/c1-9-3-4-11-12(7-9)23-17-14(11)16(22)18-15(19-17)10-5-6-20(2)13(21)8-10/h5-6,8-9H,3-4,7H2,1-2H3,(H,18,19,22)/t9-/m1/s1. The second-order valence-corrected chi connectivity index (χ2v) is 7.39. The molecule has 0 radical (unpaired) electrons. The van der Waals surface area contributed by atoms with E-state index in [2.05, 4.69) is 16.9 Å². The fourth-order valence-corrected chi connectivity index (χ4v) is 4.56. The fraction of sp³-hybridized carbons (Fsp3) is 0.353. The van der Waals surface area contributed by atoms with Gasteiger partial charge < -0.3 is 9.55 Å². The summed E-state index contributed by atoms with van der Waals surface area (Å²) in [6.07, 6.45) is 4.78. The monoisotopic (exact) mass is 327 g/mol. The molecule has 3 aromatic rings. The molecule has 5 nitrogen and oxygen atoms in total. The van der Waals surface area contributed by atoms with Gasteiger partial charge in [0.05, 0.1) is 5.39 Å². The van der Waals surface area contributed by atoms with E-state index in [0.717, 1.165) is 29.5 Å². The highest BCUT2D eigenvalue weighted by Gasteiger charge is 2.23. The zero-order chi connectivity index (χ0) is 16.1. The summed E-state index contributed by atoms with van der Waals surface area (Å²) in [4.78, 5) is 33.9. The van der Waals surface area contributed by atoms with Gasteiger partial charge in [0.2, 0.25) is 0 Å². The van der Waals surface area contributed by atoms with Crippen LogP contribution < -0.4 is 11.1 Å². The van der Waals surface area contributed by atoms with Crippen LogP contribution >= 0.6 is 11.3 Å². The van der Waals surface area contributed by atoms with Gasteiger partial charge in [-0.25, -0.2) is 4.98 Å². The van der Waals surface area contributed by atoms with E-state index in [9.17, 15) is 9.59 Å². The van der Waals surface area contributed by atoms with Crippen molar-refractivity contribution in [3.8, 4) is 11.4 Å². The first-order chi connectivity index (χ1) is 11.0. The molecule has 0 aliphatic heterocycles. The van der Waals surface area contributed by atoms with E-state index < -0.39 is 0 Å². The molecule has 3 heterocycles. The van der Waals surface area contributed by atoms with Gasteiger partial charge in [-0.3, -0.25) is 9.59 Å². The van der Waals surface area contributed by atoms with Gasteiger partial charge in [0.1, 0.15) is 10.7 Å². The number of nitrogens with one attached hydrogen (secondary N) is 1. The van der Waals surface area contributed by atoms with Crippen LogP contribution in [0.3, 0.4) is 0 Å². The average Bonchev–Trinajstić information content (AvgIpc) is 2.87. The van der Waals surface area contributed by atoms with Crippen LogP contribution in [0.1, 0.15) is 23.8 Å². The fourth-order valence-electron chi connectivity index (χ4n) is 3.18. The molecule has 0 unspecified atom stereocenters. The lowest BCUT2D eigenvalue weighted by Gasteiger charge is -2.17. The van der Waals surface area contributed by atoms with Crippen molar-refractivity contribution in [3.63, 3.8) is 0 Å². The van der Waals surface area contributed by atoms with Gasteiger partial charge in [0, 0.05) is 29.8 Å². The van der Waals surface area contributed by atoms with E-state index in [1.54, 1.807) is 30.6 Å². The van der Waals surface area contributed by atoms with E-state index in [0.29, 0.717) is 17.3 Å². The molecule has 0 saturated heterocycles. The van der Waals surface area contributed by atoms with Crippen molar-refractivity contribution in [3.05, 3.63) is 49.5 Å². The molecule has 0 fully saturated rings. The minimum atomic E-state index is -0.121. The topological polar surface area (TPSA) is 67.8 Å². The van der Waals surface area contributed by atoms with E-state index in [1.807, 2.05) is 0 Å². The number of fused-ring (bicyclic) bond motifs is 3. The van der Waals surface area contributed by atoms with Gasteiger partial charge in [-0.15, -0.1) is 11.3 Å². The number of rotatable bonds is 1. The van der Waals surface area contributed by atoms with Gasteiger partial charge in [0.25, 0.3) is 11.1 Å². The molecule has 6 heteroatoms. The lowest BCUT2D eigenvalue weighted by Crippen LogP contribution is -2.16. The molecule has 23 heavy (non-hydrogen) atoms. The largest absolute Gasteiger partial charge is 0.319 e. The van der Waals surface area contributed by atoms with Crippen molar-refractivity contribution in [2.45, 2.75) is 26.2 Å². The highest BCUT2D eigenvalue weighted by Crippen LogP contribution is 2.36. The van der Waals surface area contributed by atoms with E-state index in [4.69, 9.17) is 0 Å². The van der Waals surface area contributed by atoms with Crippen molar-refractivity contribution < 1.29 is 0 Å². The summed E-state index contributed by atoms with van der Waals surface area (Å²) in [5.41, 5.74) is 1.60. The Labute approximate surface area is 136 Å². The predicted octanol–water partition coefficient (Wildman–Crippen LogP) is 2.48. The summed E-state index contributed by atoms with van der Waals surface area (Å²) in [5.74, 6) is 1.12. The lowest BCUT2D eigenvalue weighted by atomic mass is 9.89. The molecule has 3 aromatic heterocycles. The molecule has 1 N–H and O–H groups in total. The normalized spacial score (nSPS) is 17.4. The molecule has 0 spiro atoms. The summed E-state index contributed by atoms with van der Waals surface area (Å²) in [6, 6.07) is 3.29. The number of pyridine rings is 1. The van der Waals surface area contributed by atoms with Crippen molar-refractivity contribution in [1.29, 1.82) is 0 Å².